The van der Waals surface area contributed by atoms with Crippen LogP contribution in [-0.2, 0) is 10.5 Å². The van der Waals surface area contributed by atoms with Crippen LogP contribution in [0, 0.1) is 5.41 Å². The van der Waals surface area contributed by atoms with Crippen molar-refractivity contribution in [1.29, 1.82) is 0 Å². The van der Waals surface area contributed by atoms with Gasteiger partial charge in [-0.2, -0.15) is 11.8 Å². The first-order chi connectivity index (χ1) is 9.57. The van der Waals surface area contributed by atoms with Crippen molar-refractivity contribution in [2.24, 2.45) is 5.41 Å². The number of carboxylic acid groups (broad SMARTS) is 1. The lowest BCUT2D eigenvalue weighted by Gasteiger charge is -2.11. The Morgan fingerprint density at radius 2 is 1.95 bits per heavy atom. The number of rotatable bonds is 7. The molecule has 0 unspecified atom stereocenters. The number of hydrogen-bond donors (Lipinski definition) is 2. The van der Waals surface area contributed by atoms with E-state index in [2.05, 4.69) is 12.2 Å². The van der Waals surface area contributed by atoms with E-state index < -0.39 is 11.4 Å². The van der Waals surface area contributed by atoms with Crippen molar-refractivity contribution in [3.8, 4) is 0 Å². The Kier molecular flexibility index (Phi) is 4.70. The van der Waals surface area contributed by atoms with Crippen LogP contribution in [0.3, 0.4) is 0 Å². The molecule has 2 rings (SSSR count). The van der Waals surface area contributed by atoms with E-state index in [4.69, 9.17) is 5.11 Å². The molecule has 1 aromatic rings. The molecule has 1 saturated carbocycles. The first kappa shape index (κ1) is 14.9. The Hall–Kier alpha value is -1.49. The van der Waals surface area contributed by atoms with Gasteiger partial charge in [-0.25, -0.2) is 0 Å². The highest BCUT2D eigenvalue weighted by atomic mass is 32.2. The summed E-state index contributed by atoms with van der Waals surface area (Å²) in [5.41, 5.74) is 1.06. The molecule has 1 aromatic carbocycles. The molecule has 0 atom stereocenters. The zero-order chi connectivity index (χ0) is 14.6. The van der Waals surface area contributed by atoms with Crippen LogP contribution >= 0.6 is 11.8 Å². The molecule has 0 radical (unpaired) electrons. The van der Waals surface area contributed by atoms with Crippen molar-refractivity contribution in [3.05, 3.63) is 35.4 Å². The number of benzene rings is 1. The Bertz CT molecular complexity index is 494. The van der Waals surface area contributed by atoms with Gasteiger partial charge < -0.3 is 10.4 Å². The van der Waals surface area contributed by atoms with Gasteiger partial charge in [-0.05, 0) is 36.3 Å². The minimum absolute atomic E-state index is 0.202. The van der Waals surface area contributed by atoms with Gasteiger partial charge in [0.1, 0.15) is 0 Å². The fourth-order valence-corrected chi connectivity index (χ4v) is 2.57. The molecule has 1 aliphatic rings. The third-order valence-corrected chi connectivity index (χ3v) is 4.53. The Balaban J connectivity index is 1.88. The summed E-state index contributed by atoms with van der Waals surface area (Å²) in [5.74, 6) is 0.997. The normalized spacial score (nSPS) is 15.7. The van der Waals surface area contributed by atoms with Gasteiger partial charge in [-0.15, -0.1) is 0 Å². The monoisotopic (exact) mass is 293 g/mol. The number of aliphatic carboxylic acids is 1. The Labute approximate surface area is 123 Å². The summed E-state index contributed by atoms with van der Waals surface area (Å²) >= 11 is 1.83. The van der Waals surface area contributed by atoms with Gasteiger partial charge >= 0.3 is 5.97 Å². The molecule has 5 heteroatoms. The van der Waals surface area contributed by atoms with Gasteiger partial charge in [-0.1, -0.05) is 19.1 Å². The lowest BCUT2D eigenvalue weighted by molar-refractivity contribution is -0.143. The van der Waals surface area contributed by atoms with Crippen molar-refractivity contribution in [1.82, 2.24) is 5.32 Å². The summed E-state index contributed by atoms with van der Waals surface area (Å²) in [6.07, 6.45) is 1.30. The van der Waals surface area contributed by atoms with Crippen molar-refractivity contribution >= 4 is 23.6 Å². The number of hydrogen-bond acceptors (Lipinski definition) is 3. The van der Waals surface area contributed by atoms with Gasteiger partial charge in [0.15, 0.2) is 0 Å². The number of nitrogens with one attached hydrogen (secondary N) is 1. The summed E-state index contributed by atoms with van der Waals surface area (Å²) in [4.78, 5) is 23.0. The van der Waals surface area contributed by atoms with E-state index in [1.54, 1.807) is 12.1 Å². The minimum Gasteiger partial charge on any atom is -0.481 e. The zero-order valence-corrected chi connectivity index (χ0v) is 12.3. The van der Waals surface area contributed by atoms with E-state index in [1.165, 1.54) is 5.56 Å². The van der Waals surface area contributed by atoms with Crippen molar-refractivity contribution < 1.29 is 14.7 Å². The van der Waals surface area contributed by atoms with Gasteiger partial charge in [-0.3, -0.25) is 9.59 Å². The molecule has 0 heterocycles. The van der Waals surface area contributed by atoms with E-state index in [-0.39, 0.29) is 12.5 Å². The van der Waals surface area contributed by atoms with Crippen LogP contribution in [0.15, 0.2) is 24.3 Å². The third-order valence-electron chi connectivity index (χ3n) is 3.58. The molecule has 0 bridgehead atoms. The maximum atomic E-state index is 12.0. The standard InChI is InChI=1S/C15H19NO3S/c1-2-20-9-11-3-5-12(6-4-11)13(17)16-10-15(7-8-15)14(18)19/h3-6H,2,7-10H2,1H3,(H,16,17)(H,18,19). The maximum Gasteiger partial charge on any atom is 0.311 e. The highest BCUT2D eigenvalue weighted by Crippen LogP contribution is 2.45. The molecule has 108 valence electrons. The average Bonchev–Trinajstić information content (AvgIpc) is 3.24. The number of thioether (sulfide) groups is 1. The largest absolute Gasteiger partial charge is 0.481 e. The van der Waals surface area contributed by atoms with E-state index in [9.17, 15) is 9.59 Å². The Morgan fingerprint density at radius 1 is 1.30 bits per heavy atom. The van der Waals surface area contributed by atoms with Gasteiger partial charge in [0.05, 0.1) is 5.41 Å². The smallest absolute Gasteiger partial charge is 0.311 e. The second-order valence-corrected chi connectivity index (χ2v) is 6.38. The molecule has 2 N–H and O–H groups in total. The summed E-state index contributed by atoms with van der Waals surface area (Å²) < 4.78 is 0. The molecule has 1 aliphatic carbocycles. The Morgan fingerprint density at radius 3 is 2.45 bits per heavy atom. The lowest BCUT2D eigenvalue weighted by Crippen LogP contribution is -2.34. The molecular weight excluding hydrogens is 274 g/mol. The highest BCUT2D eigenvalue weighted by Gasteiger charge is 2.50. The van der Waals surface area contributed by atoms with E-state index >= 15 is 0 Å². The van der Waals surface area contributed by atoms with E-state index in [1.807, 2.05) is 23.9 Å². The van der Waals surface area contributed by atoms with Crippen LogP contribution in [0.5, 0.6) is 0 Å². The predicted octanol–water partition coefficient (Wildman–Crippen LogP) is 2.53. The second kappa shape index (κ2) is 6.31. The number of carbonyl (C=O) groups is 2. The van der Waals surface area contributed by atoms with E-state index in [0.29, 0.717) is 18.4 Å². The summed E-state index contributed by atoms with van der Waals surface area (Å²) in [7, 11) is 0. The molecule has 0 aromatic heterocycles. The van der Waals surface area contributed by atoms with Crippen LogP contribution in [-0.4, -0.2) is 29.3 Å². The molecule has 1 amide bonds. The quantitative estimate of drug-likeness (QED) is 0.810. The predicted molar refractivity (Wildman–Crippen MR) is 79.9 cm³/mol. The van der Waals surface area contributed by atoms with Crippen LogP contribution < -0.4 is 5.32 Å². The second-order valence-electron chi connectivity index (χ2n) is 5.10. The minimum atomic E-state index is -0.815. The first-order valence-corrected chi connectivity index (χ1v) is 7.91. The zero-order valence-electron chi connectivity index (χ0n) is 11.5. The summed E-state index contributed by atoms with van der Waals surface area (Å²) in [6.45, 7) is 2.33. The lowest BCUT2D eigenvalue weighted by atomic mass is 10.1. The maximum absolute atomic E-state index is 12.0. The molecular formula is C15H19NO3S. The number of carboxylic acids is 1. The summed E-state index contributed by atoms with van der Waals surface area (Å²) in [6, 6.07) is 7.48. The van der Waals surface area contributed by atoms with Gasteiger partial charge in [0, 0.05) is 17.9 Å². The molecule has 1 fully saturated rings. The molecule has 4 nitrogen and oxygen atoms in total. The summed E-state index contributed by atoms with van der Waals surface area (Å²) in [5, 5.41) is 11.8. The van der Waals surface area contributed by atoms with Crippen molar-refractivity contribution in [2.75, 3.05) is 12.3 Å². The van der Waals surface area contributed by atoms with Crippen LogP contribution in [0.2, 0.25) is 0 Å². The van der Waals surface area contributed by atoms with Crippen molar-refractivity contribution in [3.63, 3.8) is 0 Å². The third kappa shape index (κ3) is 3.54. The first-order valence-electron chi connectivity index (χ1n) is 6.76. The van der Waals surface area contributed by atoms with Crippen LogP contribution in [0.1, 0.15) is 35.7 Å². The van der Waals surface area contributed by atoms with Crippen LogP contribution in [0.4, 0.5) is 0 Å². The SMILES string of the molecule is CCSCc1ccc(C(=O)NCC2(C(=O)O)CC2)cc1. The molecule has 0 saturated heterocycles. The molecule has 20 heavy (non-hydrogen) atoms. The van der Waals surface area contributed by atoms with Crippen molar-refractivity contribution in [2.45, 2.75) is 25.5 Å². The fourth-order valence-electron chi connectivity index (χ4n) is 1.94. The van der Waals surface area contributed by atoms with Gasteiger partial charge in [0.25, 0.3) is 5.91 Å². The van der Waals surface area contributed by atoms with Gasteiger partial charge in [0.2, 0.25) is 0 Å². The highest BCUT2D eigenvalue weighted by molar-refractivity contribution is 7.98. The topological polar surface area (TPSA) is 66.4 Å². The molecule has 0 spiro atoms. The average molecular weight is 293 g/mol. The number of amides is 1. The molecule has 0 aliphatic heterocycles. The van der Waals surface area contributed by atoms with E-state index in [0.717, 1.165) is 11.5 Å². The van der Waals surface area contributed by atoms with Crippen LogP contribution in [0.25, 0.3) is 0 Å². The fraction of sp³-hybridized carbons (Fsp3) is 0.467. The number of carbonyl (C=O) groups excluding carboxylic acids is 1.